The van der Waals surface area contributed by atoms with Crippen molar-refractivity contribution >= 4 is 21.6 Å². The summed E-state index contributed by atoms with van der Waals surface area (Å²) in [5.74, 6) is 1.01. The van der Waals surface area contributed by atoms with Gasteiger partial charge in [0.15, 0.2) is 0 Å². The minimum atomic E-state index is -3.79. The van der Waals surface area contributed by atoms with Crippen LogP contribution in [0.5, 0.6) is 11.5 Å². The SMILES string of the molecule is C=CCN(O)C(=O)[C@H](CN(c1ccc(Oc2ccc(C)cc2)cc1)S(C)(=O)=O)N1CC(=C)OC(C)C1. The number of anilines is 1. The second kappa shape index (κ2) is 11.6. The molecule has 2 atom stereocenters. The Morgan fingerprint density at radius 1 is 1.22 bits per heavy atom. The zero-order valence-corrected chi connectivity index (χ0v) is 21.6. The molecule has 0 spiro atoms. The number of hydrogen-bond acceptors (Lipinski definition) is 7. The van der Waals surface area contributed by atoms with Gasteiger partial charge in [-0.2, -0.15) is 0 Å². The van der Waals surface area contributed by atoms with Crippen molar-refractivity contribution in [2.24, 2.45) is 0 Å². The molecule has 1 aliphatic heterocycles. The summed E-state index contributed by atoms with van der Waals surface area (Å²) in [5, 5.41) is 10.8. The molecular formula is C26H33N3O6S. The van der Waals surface area contributed by atoms with E-state index in [0.29, 0.717) is 34.6 Å². The molecule has 0 aromatic heterocycles. The standard InChI is InChI=1S/C26H33N3O6S/c1-6-15-28(31)26(30)25(27-16-20(3)34-21(4)17-27)18-29(36(5,32)33)22-9-13-24(14-10-22)35-23-11-7-19(2)8-12-23/h6-14,21,25,31H,1,3,15-18H2,2,4-5H3/t21?,25-/m0/s1. The molecule has 1 aliphatic rings. The van der Waals surface area contributed by atoms with Gasteiger partial charge in [0.1, 0.15) is 29.4 Å². The minimum Gasteiger partial charge on any atom is -0.493 e. The Balaban J connectivity index is 1.89. The average Bonchev–Trinajstić information content (AvgIpc) is 2.80. The first-order valence-electron chi connectivity index (χ1n) is 11.5. The summed E-state index contributed by atoms with van der Waals surface area (Å²) < 4.78 is 38.3. The molecule has 1 heterocycles. The number of carbonyl (C=O) groups is 1. The highest BCUT2D eigenvalue weighted by molar-refractivity contribution is 7.92. The highest BCUT2D eigenvalue weighted by atomic mass is 32.2. The van der Waals surface area contributed by atoms with Gasteiger partial charge in [-0.05, 0) is 50.2 Å². The number of hydroxylamine groups is 2. The first-order valence-corrected chi connectivity index (χ1v) is 13.3. The molecule has 0 saturated carbocycles. The summed E-state index contributed by atoms with van der Waals surface area (Å²) in [6.45, 7) is 11.5. The van der Waals surface area contributed by atoms with Crippen LogP contribution in [0.25, 0.3) is 0 Å². The maximum atomic E-state index is 13.2. The topological polar surface area (TPSA) is 99.6 Å². The molecule has 3 rings (SSSR count). The molecule has 36 heavy (non-hydrogen) atoms. The fraction of sp³-hybridized carbons (Fsp3) is 0.346. The Hall–Kier alpha value is -3.34. The van der Waals surface area contributed by atoms with E-state index in [0.717, 1.165) is 16.1 Å². The van der Waals surface area contributed by atoms with E-state index in [1.54, 1.807) is 29.2 Å². The fourth-order valence-corrected chi connectivity index (χ4v) is 4.88. The molecule has 1 fully saturated rings. The van der Waals surface area contributed by atoms with E-state index < -0.39 is 22.0 Å². The van der Waals surface area contributed by atoms with Gasteiger partial charge in [-0.1, -0.05) is 30.4 Å². The summed E-state index contributed by atoms with van der Waals surface area (Å²) in [7, 11) is -3.79. The van der Waals surface area contributed by atoms with Gasteiger partial charge in [0.25, 0.3) is 5.91 Å². The number of morpholine rings is 1. The van der Waals surface area contributed by atoms with Crippen LogP contribution in [0.3, 0.4) is 0 Å². The number of sulfonamides is 1. The van der Waals surface area contributed by atoms with Crippen LogP contribution in [0.15, 0.2) is 73.5 Å². The van der Waals surface area contributed by atoms with Crippen LogP contribution in [0.2, 0.25) is 0 Å². The highest BCUT2D eigenvalue weighted by Gasteiger charge is 2.36. The van der Waals surface area contributed by atoms with Gasteiger partial charge in [-0.25, -0.2) is 13.5 Å². The van der Waals surface area contributed by atoms with E-state index in [4.69, 9.17) is 9.47 Å². The summed E-state index contributed by atoms with van der Waals surface area (Å²) in [4.78, 5) is 15.0. The Morgan fingerprint density at radius 2 is 1.81 bits per heavy atom. The van der Waals surface area contributed by atoms with E-state index in [9.17, 15) is 18.4 Å². The van der Waals surface area contributed by atoms with E-state index in [-0.39, 0.29) is 25.7 Å². The van der Waals surface area contributed by atoms with E-state index in [1.165, 1.54) is 6.08 Å². The monoisotopic (exact) mass is 515 g/mol. The third kappa shape index (κ3) is 7.09. The maximum absolute atomic E-state index is 13.2. The van der Waals surface area contributed by atoms with E-state index >= 15 is 0 Å². The predicted molar refractivity (Wildman–Crippen MR) is 139 cm³/mol. The fourth-order valence-electron chi connectivity index (χ4n) is 3.96. The molecule has 0 aliphatic carbocycles. The van der Waals surface area contributed by atoms with Crippen molar-refractivity contribution in [3.05, 3.63) is 79.1 Å². The van der Waals surface area contributed by atoms with Crippen molar-refractivity contribution in [2.75, 3.05) is 36.7 Å². The molecule has 0 radical (unpaired) electrons. The van der Waals surface area contributed by atoms with Gasteiger partial charge in [0.2, 0.25) is 10.0 Å². The Morgan fingerprint density at radius 3 is 2.33 bits per heavy atom. The number of aryl methyl sites for hydroxylation is 1. The van der Waals surface area contributed by atoms with Gasteiger partial charge < -0.3 is 9.47 Å². The largest absolute Gasteiger partial charge is 0.493 e. The zero-order chi connectivity index (χ0) is 26.5. The average molecular weight is 516 g/mol. The van der Waals surface area contributed by atoms with Crippen molar-refractivity contribution in [3.8, 4) is 11.5 Å². The summed E-state index contributed by atoms with van der Waals surface area (Å²) in [6.07, 6.45) is 2.21. The summed E-state index contributed by atoms with van der Waals surface area (Å²) in [6, 6.07) is 13.1. The number of ether oxygens (including phenoxy) is 2. The second-order valence-corrected chi connectivity index (χ2v) is 10.7. The quantitative estimate of drug-likeness (QED) is 0.293. The van der Waals surface area contributed by atoms with Crippen molar-refractivity contribution in [2.45, 2.75) is 26.0 Å². The smallest absolute Gasteiger partial charge is 0.265 e. The molecule has 194 valence electrons. The lowest BCUT2D eigenvalue weighted by atomic mass is 10.1. The molecular weight excluding hydrogens is 482 g/mol. The summed E-state index contributed by atoms with van der Waals surface area (Å²) in [5.41, 5.74) is 1.47. The van der Waals surface area contributed by atoms with Crippen molar-refractivity contribution in [3.63, 3.8) is 0 Å². The molecule has 0 bridgehead atoms. The van der Waals surface area contributed by atoms with Crippen LogP contribution in [0, 0.1) is 6.92 Å². The van der Waals surface area contributed by atoms with Crippen molar-refractivity contribution in [1.82, 2.24) is 9.96 Å². The van der Waals surface area contributed by atoms with Crippen molar-refractivity contribution in [1.29, 1.82) is 0 Å². The highest BCUT2D eigenvalue weighted by Crippen LogP contribution is 2.27. The van der Waals surface area contributed by atoms with E-state index in [1.807, 2.05) is 38.1 Å². The van der Waals surface area contributed by atoms with Crippen molar-refractivity contribution < 1.29 is 27.9 Å². The first kappa shape index (κ1) is 27.3. The number of carbonyl (C=O) groups excluding carboxylic acids is 1. The van der Waals surface area contributed by atoms with Crippen LogP contribution in [-0.4, -0.2) is 74.1 Å². The third-order valence-corrected chi connectivity index (χ3v) is 6.80. The molecule has 2 aromatic rings. The molecule has 9 nitrogen and oxygen atoms in total. The molecule has 10 heteroatoms. The Kier molecular flexibility index (Phi) is 8.78. The van der Waals surface area contributed by atoms with Crippen LogP contribution in [0.4, 0.5) is 5.69 Å². The van der Waals surface area contributed by atoms with Crippen LogP contribution < -0.4 is 9.04 Å². The lowest BCUT2D eigenvalue weighted by Gasteiger charge is -2.40. The van der Waals surface area contributed by atoms with Gasteiger partial charge in [0.05, 0.1) is 31.6 Å². The van der Waals surface area contributed by atoms with E-state index in [2.05, 4.69) is 13.2 Å². The molecule has 1 saturated heterocycles. The Bertz CT molecular complexity index is 1180. The van der Waals surface area contributed by atoms with Gasteiger partial charge in [-0.15, -0.1) is 6.58 Å². The van der Waals surface area contributed by atoms with Crippen LogP contribution in [0.1, 0.15) is 12.5 Å². The van der Waals surface area contributed by atoms with Gasteiger partial charge in [0, 0.05) is 6.54 Å². The second-order valence-electron chi connectivity index (χ2n) is 8.82. The van der Waals surface area contributed by atoms with Gasteiger partial charge >= 0.3 is 0 Å². The first-order chi connectivity index (χ1) is 17.0. The predicted octanol–water partition coefficient (Wildman–Crippen LogP) is 3.56. The lowest BCUT2D eigenvalue weighted by molar-refractivity contribution is -0.170. The van der Waals surface area contributed by atoms with Crippen LogP contribution >= 0.6 is 0 Å². The number of nitrogens with zero attached hydrogens (tertiary/aromatic N) is 3. The summed E-state index contributed by atoms with van der Waals surface area (Å²) >= 11 is 0. The molecule has 1 unspecified atom stereocenters. The minimum absolute atomic E-state index is 0.0971. The van der Waals surface area contributed by atoms with Crippen LogP contribution in [-0.2, 0) is 19.6 Å². The number of hydrogen-bond donors (Lipinski definition) is 1. The number of benzene rings is 2. The maximum Gasteiger partial charge on any atom is 0.265 e. The number of rotatable bonds is 10. The van der Waals surface area contributed by atoms with Gasteiger partial charge in [-0.3, -0.25) is 19.2 Å². The normalized spacial score (nSPS) is 17.1. The molecule has 2 aromatic carbocycles. The molecule has 1 N–H and O–H groups in total. The third-order valence-electron chi connectivity index (χ3n) is 5.64. The zero-order valence-electron chi connectivity index (χ0n) is 20.8. The number of amides is 1. The Labute approximate surface area is 212 Å². The lowest BCUT2D eigenvalue weighted by Crippen LogP contribution is -2.57. The molecule has 1 amide bonds.